The first-order valence-electron chi connectivity index (χ1n) is 15.2. The molecular weight excluding hydrogens is 470 g/mol. The monoisotopic (exact) mass is 533 g/mol. The Morgan fingerprint density at radius 1 is 0.432 bits per heavy atom. The second-order valence-electron chi connectivity index (χ2n) is 11.0. The highest BCUT2D eigenvalue weighted by atomic mass is 16.6. The maximum Gasteiger partial charge on any atom is 0.0781 e. The topological polar surface area (TPSA) is 81.4 Å². The van der Waals surface area contributed by atoms with Crippen LogP contribution in [0.25, 0.3) is 0 Å². The molecule has 6 atom stereocenters. The van der Waals surface area contributed by atoms with Crippen molar-refractivity contribution in [2.75, 3.05) is 46.2 Å². The molecule has 0 aromatic heterocycles. The molecule has 7 heteroatoms. The Morgan fingerprint density at radius 3 is 1.14 bits per heavy atom. The first-order chi connectivity index (χ1) is 17.7. The van der Waals surface area contributed by atoms with Gasteiger partial charge in [0.25, 0.3) is 0 Å². The third-order valence-corrected chi connectivity index (χ3v) is 6.10. The predicted octanol–water partition coefficient (Wildman–Crippen LogP) is 6.30. The van der Waals surface area contributed by atoms with E-state index in [-0.39, 0.29) is 36.6 Å². The lowest BCUT2D eigenvalue weighted by atomic mass is 10.1. The maximum atomic E-state index is 5.89. The average Bonchev–Trinajstić information content (AvgIpc) is 2.87. The zero-order valence-corrected chi connectivity index (χ0v) is 25.5. The minimum atomic E-state index is -0.0120. The quantitative estimate of drug-likeness (QED) is 0.118. The Morgan fingerprint density at radius 2 is 0.757 bits per heavy atom. The number of nitrogens with two attached hydrogens (primary N) is 1. The minimum absolute atomic E-state index is 0.00656. The summed E-state index contributed by atoms with van der Waals surface area (Å²) in [7, 11) is 0. The summed E-state index contributed by atoms with van der Waals surface area (Å²) in [4.78, 5) is 0. The predicted molar refractivity (Wildman–Crippen MR) is 153 cm³/mol. The van der Waals surface area contributed by atoms with E-state index < -0.39 is 0 Å². The molecule has 0 fully saturated rings. The summed E-state index contributed by atoms with van der Waals surface area (Å²) in [5, 5.41) is 0. The van der Waals surface area contributed by atoms with Gasteiger partial charge in [-0.1, -0.05) is 64.7 Å². The molecule has 37 heavy (non-hydrogen) atoms. The highest BCUT2D eigenvalue weighted by Gasteiger charge is 2.13. The van der Waals surface area contributed by atoms with Gasteiger partial charge in [-0.05, 0) is 48.0 Å². The first-order valence-corrected chi connectivity index (χ1v) is 15.2. The molecule has 224 valence electrons. The summed E-state index contributed by atoms with van der Waals surface area (Å²) in [6.45, 7) is 18.4. The molecule has 7 nitrogen and oxygen atoms in total. The molecule has 2 N–H and O–H groups in total. The molecule has 0 aliphatic heterocycles. The van der Waals surface area contributed by atoms with Crippen LogP contribution in [0.15, 0.2) is 0 Å². The van der Waals surface area contributed by atoms with Crippen molar-refractivity contribution in [1.29, 1.82) is 0 Å². The van der Waals surface area contributed by atoms with Gasteiger partial charge >= 0.3 is 0 Å². The Kier molecular flexibility index (Phi) is 25.8. The van der Waals surface area contributed by atoms with Gasteiger partial charge in [-0.3, -0.25) is 0 Å². The van der Waals surface area contributed by atoms with E-state index in [0.717, 1.165) is 13.0 Å². The number of ether oxygens (including phenoxy) is 6. The molecule has 0 rings (SSSR count). The standard InChI is InChI=1S/C30H63NO6/c1-8-9-10-11-12-13-14-15-16-17-18-32-20-26(3)34-22-28(5)36-24-30(7)37-23-29(6)35-21-27(4)33-19-25(2)31/h25-30H,8-24,31H2,1-7H3. The van der Waals surface area contributed by atoms with Gasteiger partial charge in [0.05, 0.1) is 70.2 Å². The van der Waals surface area contributed by atoms with Crippen molar-refractivity contribution in [3.8, 4) is 0 Å². The Bertz CT molecular complexity index is 467. The van der Waals surface area contributed by atoms with E-state index >= 15 is 0 Å². The van der Waals surface area contributed by atoms with Crippen LogP contribution >= 0.6 is 0 Å². The minimum Gasteiger partial charge on any atom is -0.379 e. The van der Waals surface area contributed by atoms with Crippen LogP contribution in [0.2, 0.25) is 0 Å². The first kappa shape index (κ1) is 36.7. The Labute approximate surface area is 229 Å². The number of hydrogen-bond acceptors (Lipinski definition) is 7. The van der Waals surface area contributed by atoms with Crippen LogP contribution < -0.4 is 5.73 Å². The summed E-state index contributed by atoms with van der Waals surface area (Å²) >= 11 is 0. The van der Waals surface area contributed by atoms with Gasteiger partial charge in [-0.2, -0.15) is 0 Å². The summed E-state index contributed by atoms with van der Waals surface area (Å²) in [6, 6.07) is 0.0348. The van der Waals surface area contributed by atoms with E-state index in [4.69, 9.17) is 34.2 Å². The second-order valence-corrected chi connectivity index (χ2v) is 11.0. The van der Waals surface area contributed by atoms with E-state index in [0.29, 0.717) is 39.6 Å². The van der Waals surface area contributed by atoms with Gasteiger partial charge in [0, 0.05) is 12.6 Å². The lowest BCUT2D eigenvalue weighted by Gasteiger charge is -2.22. The van der Waals surface area contributed by atoms with Crippen molar-refractivity contribution in [2.45, 2.75) is 149 Å². The van der Waals surface area contributed by atoms with Crippen LogP contribution in [-0.4, -0.2) is 82.8 Å². The molecule has 0 aromatic carbocycles. The van der Waals surface area contributed by atoms with Gasteiger partial charge < -0.3 is 34.2 Å². The SMILES string of the molecule is CCCCCCCCCCCCOCC(C)OCC(C)OCC(C)OCC(C)OCC(C)OCC(C)N. The molecule has 0 saturated carbocycles. The molecule has 0 saturated heterocycles. The molecule has 0 aliphatic rings. The maximum absolute atomic E-state index is 5.89. The molecule has 0 aromatic rings. The molecule has 0 heterocycles. The second kappa shape index (κ2) is 26.0. The van der Waals surface area contributed by atoms with E-state index in [1.54, 1.807) is 0 Å². The Hall–Kier alpha value is -0.280. The fourth-order valence-electron chi connectivity index (χ4n) is 3.70. The van der Waals surface area contributed by atoms with Crippen LogP contribution in [0.5, 0.6) is 0 Å². The van der Waals surface area contributed by atoms with Crippen LogP contribution in [0.1, 0.15) is 113 Å². The number of unbranched alkanes of at least 4 members (excludes halogenated alkanes) is 9. The third-order valence-electron chi connectivity index (χ3n) is 6.10. The van der Waals surface area contributed by atoms with Gasteiger partial charge in [-0.25, -0.2) is 0 Å². The van der Waals surface area contributed by atoms with Crippen molar-refractivity contribution in [3.05, 3.63) is 0 Å². The van der Waals surface area contributed by atoms with Crippen molar-refractivity contribution in [2.24, 2.45) is 5.73 Å². The van der Waals surface area contributed by atoms with Gasteiger partial charge in [0.1, 0.15) is 0 Å². The average molecular weight is 534 g/mol. The van der Waals surface area contributed by atoms with Gasteiger partial charge in [0.15, 0.2) is 0 Å². The van der Waals surface area contributed by atoms with Gasteiger partial charge in [-0.15, -0.1) is 0 Å². The summed E-state index contributed by atoms with van der Waals surface area (Å²) in [5.41, 5.74) is 5.71. The van der Waals surface area contributed by atoms with Crippen LogP contribution in [0, 0.1) is 0 Å². The summed E-state index contributed by atoms with van der Waals surface area (Å²) in [5.74, 6) is 0. The highest BCUT2D eigenvalue weighted by Crippen LogP contribution is 2.10. The van der Waals surface area contributed by atoms with Crippen molar-refractivity contribution in [3.63, 3.8) is 0 Å². The fourth-order valence-corrected chi connectivity index (χ4v) is 3.70. The van der Waals surface area contributed by atoms with E-state index in [9.17, 15) is 0 Å². The van der Waals surface area contributed by atoms with E-state index in [1.165, 1.54) is 57.8 Å². The molecule has 6 unspecified atom stereocenters. The third kappa shape index (κ3) is 27.1. The lowest BCUT2D eigenvalue weighted by Crippen LogP contribution is -2.30. The zero-order chi connectivity index (χ0) is 27.7. The molecule has 0 bridgehead atoms. The fraction of sp³-hybridized carbons (Fsp3) is 1.00. The van der Waals surface area contributed by atoms with Crippen LogP contribution in [-0.2, 0) is 28.4 Å². The van der Waals surface area contributed by atoms with Crippen molar-refractivity contribution >= 4 is 0 Å². The number of rotatable bonds is 28. The van der Waals surface area contributed by atoms with Crippen molar-refractivity contribution < 1.29 is 28.4 Å². The summed E-state index contributed by atoms with van der Waals surface area (Å²) in [6.07, 6.45) is 13.5. The number of hydrogen-bond donors (Lipinski definition) is 1. The molecule has 0 radical (unpaired) electrons. The lowest BCUT2D eigenvalue weighted by molar-refractivity contribution is -0.0996. The largest absolute Gasteiger partial charge is 0.379 e. The summed E-state index contributed by atoms with van der Waals surface area (Å²) < 4.78 is 34.9. The van der Waals surface area contributed by atoms with E-state index in [1.807, 2.05) is 34.6 Å². The van der Waals surface area contributed by atoms with Crippen LogP contribution in [0.4, 0.5) is 0 Å². The van der Waals surface area contributed by atoms with E-state index in [2.05, 4.69) is 13.8 Å². The van der Waals surface area contributed by atoms with Crippen molar-refractivity contribution in [1.82, 2.24) is 0 Å². The smallest absolute Gasteiger partial charge is 0.0781 e. The highest BCUT2D eigenvalue weighted by molar-refractivity contribution is 4.59. The molecular formula is C30H63NO6. The zero-order valence-electron chi connectivity index (χ0n) is 25.5. The van der Waals surface area contributed by atoms with Crippen LogP contribution in [0.3, 0.4) is 0 Å². The Balaban J connectivity index is 3.59. The molecule has 0 aliphatic carbocycles. The molecule has 0 spiro atoms. The molecule has 0 amide bonds. The normalized spacial score (nSPS) is 16.9. The van der Waals surface area contributed by atoms with Gasteiger partial charge in [0.2, 0.25) is 0 Å².